The summed E-state index contributed by atoms with van der Waals surface area (Å²) in [5.74, 6) is -0.759. The number of likely N-dealkylation sites (N-methyl/N-ethyl adjacent to an activating group) is 1. The molecule has 100 valence electrons. The van der Waals surface area contributed by atoms with E-state index in [0.717, 1.165) is 5.56 Å². The first-order valence-corrected chi connectivity index (χ1v) is 6.20. The molecule has 1 unspecified atom stereocenters. The molecule has 0 bridgehead atoms. The van der Waals surface area contributed by atoms with E-state index in [1.165, 1.54) is 24.5 Å². The second kappa shape index (κ2) is 6.08. The van der Waals surface area contributed by atoms with Crippen molar-refractivity contribution >= 4 is 11.6 Å². The minimum absolute atomic E-state index is 0.244. The van der Waals surface area contributed by atoms with E-state index in [1.54, 1.807) is 19.2 Å². The van der Waals surface area contributed by atoms with Crippen LogP contribution in [-0.4, -0.2) is 12.0 Å². The van der Waals surface area contributed by atoms with Gasteiger partial charge in [-0.05, 0) is 37.2 Å². The van der Waals surface area contributed by atoms with Gasteiger partial charge in [-0.15, -0.1) is 0 Å². The Morgan fingerprint density at radius 3 is 2.74 bits per heavy atom. The zero-order valence-electron chi connectivity index (χ0n) is 10.3. The highest BCUT2D eigenvalue weighted by Crippen LogP contribution is 2.25. The van der Waals surface area contributed by atoms with Crippen LogP contribution in [0.5, 0.6) is 0 Å². The third-order valence-electron chi connectivity index (χ3n) is 2.97. The molecule has 1 N–H and O–H groups in total. The van der Waals surface area contributed by atoms with Crippen LogP contribution in [0.2, 0.25) is 5.02 Å². The molecular weight excluding hydrogens is 270 g/mol. The molecule has 1 aromatic carbocycles. The number of hydrogen-bond donors (Lipinski definition) is 1. The van der Waals surface area contributed by atoms with E-state index in [2.05, 4.69) is 10.3 Å². The maximum atomic E-state index is 13.7. The van der Waals surface area contributed by atoms with E-state index in [9.17, 15) is 8.78 Å². The minimum atomic E-state index is -0.384. The Balaban J connectivity index is 2.27. The van der Waals surface area contributed by atoms with Crippen LogP contribution in [0.3, 0.4) is 0 Å². The number of benzene rings is 1. The van der Waals surface area contributed by atoms with Crippen LogP contribution in [0.15, 0.2) is 36.7 Å². The van der Waals surface area contributed by atoms with Crippen LogP contribution in [-0.2, 0) is 6.42 Å². The highest BCUT2D eigenvalue weighted by Gasteiger charge is 2.16. The number of nitrogens with zero attached hydrogens (tertiary/aromatic N) is 1. The molecule has 0 saturated heterocycles. The molecule has 1 heterocycles. The van der Waals surface area contributed by atoms with Gasteiger partial charge in [0.25, 0.3) is 0 Å². The average Bonchev–Trinajstić information content (AvgIpc) is 2.39. The largest absolute Gasteiger partial charge is 0.313 e. The minimum Gasteiger partial charge on any atom is -0.313 e. The van der Waals surface area contributed by atoms with Crippen LogP contribution < -0.4 is 5.32 Å². The number of pyridine rings is 1. The standard InChI is InChI=1S/C14H13ClF2N2/c1-18-14(11-4-5-19-8-13(11)17)6-9-2-3-10(16)7-12(9)15/h2-5,7-8,14,18H,6H2,1H3. The lowest BCUT2D eigenvalue weighted by molar-refractivity contribution is 0.530. The Kier molecular flexibility index (Phi) is 4.45. The fraction of sp³-hybridized carbons (Fsp3) is 0.214. The molecule has 0 spiro atoms. The van der Waals surface area contributed by atoms with Crippen LogP contribution in [0, 0.1) is 11.6 Å². The zero-order chi connectivity index (χ0) is 13.8. The van der Waals surface area contributed by atoms with Crippen molar-refractivity contribution in [3.8, 4) is 0 Å². The predicted molar refractivity (Wildman–Crippen MR) is 71.1 cm³/mol. The molecule has 1 aromatic heterocycles. The number of halogens is 3. The van der Waals surface area contributed by atoms with Crippen molar-refractivity contribution in [3.63, 3.8) is 0 Å². The van der Waals surface area contributed by atoms with E-state index < -0.39 is 0 Å². The molecule has 2 aromatic rings. The van der Waals surface area contributed by atoms with Crippen LogP contribution in [0.4, 0.5) is 8.78 Å². The first-order chi connectivity index (χ1) is 9.11. The second-order valence-corrected chi connectivity index (χ2v) is 4.59. The smallest absolute Gasteiger partial charge is 0.146 e. The van der Waals surface area contributed by atoms with Crippen LogP contribution in [0.1, 0.15) is 17.2 Å². The molecule has 0 fully saturated rings. The van der Waals surface area contributed by atoms with Gasteiger partial charge in [0, 0.05) is 22.8 Å². The van der Waals surface area contributed by atoms with Gasteiger partial charge in [0.2, 0.25) is 0 Å². The van der Waals surface area contributed by atoms with E-state index >= 15 is 0 Å². The Hall–Kier alpha value is -1.52. The van der Waals surface area contributed by atoms with Crippen molar-refractivity contribution in [1.29, 1.82) is 0 Å². The van der Waals surface area contributed by atoms with Crippen molar-refractivity contribution in [2.24, 2.45) is 0 Å². The van der Waals surface area contributed by atoms with Gasteiger partial charge in [0.1, 0.15) is 11.6 Å². The molecule has 0 aliphatic carbocycles. The van der Waals surface area contributed by atoms with Crippen molar-refractivity contribution in [2.75, 3.05) is 7.05 Å². The van der Waals surface area contributed by atoms with Gasteiger partial charge >= 0.3 is 0 Å². The fourth-order valence-electron chi connectivity index (χ4n) is 1.94. The summed E-state index contributed by atoms with van der Waals surface area (Å²) in [7, 11) is 1.74. The highest BCUT2D eigenvalue weighted by molar-refractivity contribution is 6.31. The molecule has 0 aliphatic heterocycles. The van der Waals surface area contributed by atoms with Gasteiger partial charge in [-0.25, -0.2) is 8.78 Å². The van der Waals surface area contributed by atoms with Gasteiger partial charge in [0.15, 0.2) is 0 Å². The zero-order valence-corrected chi connectivity index (χ0v) is 11.1. The molecule has 0 radical (unpaired) electrons. The first-order valence-electron chi connectivity index (χ1n) is 5.82. The van der Waals surface area contributed by atoms with Gasteiger partial charge in [-0.3, -0.25) is 4.98 Å². The summed E-state index contributed by atoms with van der Waals surface area (Å²) in [6, 6.07) is 5.59. The van der Waals surface area contributed by atoms with Crippen LogP contribution >= 0.6 is 11.6 Å². The molecule has 0 aliphatic rings. The summed E-state index contributed by atoms with van der Waals surface area (Å²) in [6.45, 7) is 0. The second-order valence-electron chi connectivity index (χ2n) is 4.18. The Bertz CT molecular complexity index is 575. The summed E-state index contributed by atoms with van der Waals surface area (Å²) in [5.41, 5.74) is 1.27. The lowest BCUT2D eigenvalue weighted by Gasteiger charge is -2.18. The van der Waals surface area contributed by atoms with Crippen molar-refractivity contribution in [3.05, 3.63) is 64.4 Å². The molecule has 19 heavy (non-hydrogen) atoms. The third-order valence-corrected chi connectivity index (χ3v) is 3.32. The SMILES string of the molecule is CNC(Cc1ccc(F)cc1Cl)c1ccncc1F. The number of hydrogen-bond acceptors (Lipinski definition) is 2. The summed E-state index contributed by atoms with van der Waals surface area (Å²) >= 11 is 5.98. The van der Waals surface area contributed by atoms with Crippen molar-refractivity contribution in [2.45, 2.75) is 12.5 Å². The van der Waals surface area contributed by atoms with Gasteiger partial charge in [-0.1, -0.05) is 17.7 Å². The monoisotopic (exact) mass is 282 g/mol. The molecule has 5 heteroatoms. The quantitative estimate of drug-likeness (QED) is 0.928. The number of rotatable bonds is 4. The summed E-state index contributed by atoms with van der Waals surface area (Å²) in [4.78, 5) is 3.72. The van der Waals surface area contributed by atoms with Crippen LogP contribution in [0.25, 0.3) is 0 Å². The maximum absolute atomic E-state index is 13.7. The third kappa shape index (κ3) is 3.28. The predicted octanol–water partition coefficient (Wildman–Crippen LogP) is 3.52. The normalized spacial score (nSPS) is 12.4. The maximum Gasteiger partial charge on any atom is 0.146 e. The van der Waals surface area contributed by atoms with Gasteiger partial charge in [-0.2, -0.15) is 0 Å². The lowest BCUT2D eigenvalue weighted by Crippen LogP contribution is -2.20. The molecule has 2 nitrogen and oxygen atoms in total. The molecule has 1 atom stereocenters. The summed E-state index contributed by atoms with van der Waals surface area (Å²) in [6.07, 6.45) is 3.18. The fourth-order valence-corrected chi connectivity index (χ4v) is 2.19. The van der Waals surface area contributed by atoms with E-state index in [-0.39, 0.29) is 17.7 Å². The Morgan fingerprint density at radius 2 is 2.11 bits per heavy atom. The molecule has 0 saturated carbocycles. The topological polar surface area (TPSA) is 24.9 Å². The van der Waals surface area contributed by atoms with E-state index in [1.807, 2.05) is 0 Å². The summed E-state index contributed by atoms with van der Waals surface area (Å²) in [5, 5.41) is 3.37. The van der Waals surface area contributed by atoms with Crippen molar-refractivity contribution in [1.82, 2.24) is 10.3 Å². The summed E-state index contributed by atoms with van der Waals surface area (Å²) < 4.78 is 26.7. The molecule has 2 rings (SSSR count). The van der Waals surface area contributed by atoms with E-state index in [4.69, 9.17) is 11.6 Å². The molecular formula is C14H13ClF2N2. The van der Waals surface area contributed by atoms with Gasteiger partial charge < -0.3 is 5.32 Å². The van der Waals surface area contributed by atoms with E-state index in [0.29, 0.717) is 17.0 Å². The van der Waals surface area contributed by atoms with Crippen molar-refractivity contribution < 1.29 is 8.78 Å². The van der Waals surface area contributed by atoms with Gasteiger partial charge in [0.05, 0.1) is 6.20 Å². The number of aromatic nitrogens is 1. The number of nitrogens with one attached hydrogen (secondary N) is 1. The lowest BCUT2D eigenvalue weighted by atomic mass is 9.99. The Morgan fingerprint density at radius 1 is 1.32 bits per heavy atom. The average molecular weight is 283 g/mol. The highest BCUT2D eigenvalue weighted by atomic mass is 35.5. The Labute approximate surface area is 115 Å². The molecule has 0 amide bonds. The first kappa shape index (κ1) is 13.9.